The predicted molar refractivity (Wildman–Crippen MR) is 106 cm³/mol. The smallest absolute Gasteiger partial charge is 0.319 e. The molecule has 3 rings (SSSR count). The molecule has 0 fully saturated rings. The molecule has 5 nitrogen and oxygen atoms in total. The van der Waals surface area contributed by atoms with Gasteiger partial charge in [0.05, 0.1) is 17.8 Å². The highest BCUT2D eigenvalue weighted by molar-refractivity contribution is 6.01. The molecule has 0 aliphatic rings. The average molecular weight is 351 g/mol. The summed E-state index contributed by atoms with van der Waals surface area (Å²) in [5, 5.41) is 6.93. The Morgan fingerprint density at radius 1 is 1.08 bits per heavy atom. The summed E-state index contributed by atoms with van der Waals surface area (Å²) < 4.78 is 7.27. The number of hydrogen-bond donors (Lipinski definition) is 2. The zero-order chi connectivity index (χ0) is 18.2. The van der Waals surface area contributed by atoms with Crippen LogP contribution in [0.15, 0.2) is 60.8 Å². The second-order valence-electron chi connectivity index (χ2n) is 6.22. The fourth-order valence-corrected chi connectivity index (χ4v) is 3.03. The molecule has 0 saturated heterocycles. The van der Waals surface area contributed by atoms with Gasteiger partial charge in [-0.1, -0.05) is 48.5 Å². The van der Waals surface area contributed by atoms with Crippen LogP contribution >= 0.6 is 0 Å². The molecule has 0 aliphatic carbocycles. The number of anilines is 1. The van der Waals surface area contributed by atoms with Gasteiger partial charge in [0.15, 0.2) is 0 Å². The molecule has 136 valence electrons. The second-order valence-corrected chi connectivity index (χ2v) is 6.22. The quantitative estimate of drug-likeness (QED) is 0.602. The number of nitrogens with one attached hydrogen (secondary N) is 2. The third kappa shape index (κ3) is 4.64. The molecule has 0 saturated carbocycles. The van der Waals surface area contributed by atoms with Crippen molar-refractivity contribution in [3.63, 3.8) is 0 Å². The zero-order valence-corrected chi connectivity index (χ0v) is 15.1. The minimum Gasteiger partial charge on any atom is -0.383 e. The summed E-state index contributed by atoms with van der Waals surface area (Å²) in [4.78, 5) is 12.2. The van der Waals surface area contributed by atoms with Crippen molar-refractivity contribution in [2.75, 3.05) is 25.6 Å². The Balaban J connectivity index is 1.55. The summed E-state index contributed by atoms with van der Waals surface area (Å²) in [6, 6.07) is 18.2. The second kappa shape index (κ2) is 9.06. The molecule has 3 aromatic rings. The first-order chi connectivity index (χ1) is 12.8. The molecule has 1 heterocycles. The van der Waals surface area contributed by atoms with Crippen molar-refractivity contribution in [3.8, 4) is 0 Å². The first-order valence-electron chi connectivity index (χ1n) is 8.93. The Bertz CT molecular complexity index is 843. The summed E-state index contributed by atoms with van der Waals surface area (Å²) in [6.45, 7) is 2.02. The largest absolute Gasteiger partial charge is 0.383 e. The number of carbonyl (C=O) groups excluding carboxylic acids is 1. The number of fused-ring (bicyclic) bond motifs is 1. The molecule has 0 spiro atoms. The molecule has 2 N–H and O–H groups in total. The van der Waals surface area contributed by atoms with Crippen LogP contribution < -0.4 is 10.6 Å². The molecule has 2 aromatic carbocycles. The number of nitrogens with zero attached hydrogens (tertiary/aromatic N) is 1. The molecule has 0 unspecified atom stereocenters. The van der Waals surface area contributed by atoms with Crippen LogP contribution in [-0.2, 0) is 17.7 Å². The van der Waals surface area contributed by atoms with Crippen molar-refractivity contribution < 1.29 is 9.53 Å². The van der Waals surface area contributed by atoms with E-state index < -0.39 is 0 Å². The first kappa shape index (κ1) is 18.0. The molecular weight excluding hydrogens is 326 g/mol. The molecule has 26 heavy (non-hydrogen) atoms. The van der Waals surface area contributed by atoms with E-state index in [4.69, 9.17) is 4.74 Å². The molecule has 2 amide bonds. The third-order valence-corrected chi connectivity index (χ3v) is 4.34. The Morgan fingerprint density at radius 3 is 2.65 bits per heavy atom. The summed E-state index contributed by atoms with van der Waals surface area (Å²) in [5.74, 6) is 0. The predicted octanol–water partition coefficient (Wildman–Crippen LogP) is 4.04. The van der Waals surface area contributed by atoms with Gasteiger partial charge in [-0.2, -0.15) is 0 Å². The number of amides is 2. The molecule has 0 aliphatic heterocycles. The number of rotatable bonds is 8. The fourth-order valence-electron chi connectivity index (χ4n) is 3.03. The van der Waals surface area contributed by atoms with E-state index in [-0.39, 0.29) is 6.03 Å². The highest BCUT2D eigenvalue weighted by Gasteiger charge is 2.10. The highest BCUT2D eigenvalue weighted by atomic mass is 16.5. The van der Waals surface area contributed by atoms with Crippen molar-refractivity contribution >= 4 is 22.6 Å². The lowest BCUT2D eigenvalue weighted by Crippen LogP contribution is -2.29. The van der Waals surface area contributed by atoms with Gasteiger partial charge in [0.2, 0.25) is 0 Å². The van der Waals surface area contributed by atoms with E-state index in [9.17, 15) is 4.79 Å². The van der Waals surface area contributed by atoms with Gasteiger partial charge >= 0.3 is 6.03 Å². The lowest BCUT2D eigenvalue weighted by Gasteiger charge is -2.07. The van der Waals surface area contributed by atoms with Gasteiger partial charge in [0, 0.05) is 31.8 Å². The van der Waals surface area contributed by atoms with Gasteiger partial charge in [0.25, 0.3) is 0 Å². The number of para-hydroxylation sites is 1. The SMILES string of the molecule is COCCn1cc(NC(=O)NCCCc2ccccc2)c2ccccc21. The van der Waals surface area contributed by atoms with E-state index in [1.165, 1.54) is 5.56 Å². The topological polar surface area (TPSA) is 55.3 Å². The standard InChI is InChI=1S/C21H25N3O2/c1-26-15-14-24-16-19(18-11-5-6-12-20(18)24)23-21(25)22-13-7-10-17-8-3-2-4-9-17/h2-6,8-9,11-12,16H,7,10,13-15H2,1H3,(H2,22,23,25). The zero-order valence-electron chi connectivity index (χ0n) is 15.1. The number of urea groups is 1. The van der Waals surface area contributed by atoms with Gasteiger partial charge in [-0.15, -0.1) is 0 Å². The van der Waals surface area contributed by atoms with Crippen LogP contribution in [-0.4, -0.2) is 30.9 Å². The normalized spacial score (nSPS) is 10.8. The first-order valence-corrected chi connectivity index (χ1v) is 8.93. The maximum absolute atomic E-state index is 12.2. The fraction of sp³-hybridized carbons (Fsp3) is 0.286. The van der Waals surface area contributed by atoms with Gasteiger partial charge in [-0.3, -0.25) is 0 Å². The summed E-state index contributed by atoms with van der Waals surface area (Å²) >= 11 is 0. The van der Waals surface area contributed by atoms with E-state index in [2.05, 4.69) is 27.3 Å². The Kier molecular flexibility index (Phi) is 6.28. The van der Waals surface area contributed by atoms with Crippen molar-refractivity contribution in [1.29, 1.82) is 0 Å². The van der Waals surface area contributed by atoms with Crippen LogP contribution in [0.2, 0.25) is 0 Å². The van der Waals surface area contributed by atoms with E-state index in [1.54, 1.807) is 7.11 Å². The molecular formula is C21H25N3O2. The molecule has 5 heteroatoms. The van der Waals surface area contributed by atoms with Gasteiger partial charge in [-0.05, 0) is 24.5 Å². The number of carbonyl (C=O) groups is 1. The summed E-state index contributed by atoms with van der Waals surface area (Å²) in [7, 11) is 1.69. The Hall–Kier alpha value is -2.79. The summed E-state index contributed by atoms with van der Waals surface area (Å²) in [5.41, 5.74) is 3.19. The lowest BCUT2D eigenvalue weighted by atomic mass is 10.1. The van der Waals surface area contributed by atoms with E-state index in [0.717, 1.165) is 36.0 Å². The molecule has 0 bridgehead atoms. The number of ether oxygens (including phenoxy) is 1. The maximum Gasteiger partial charge on any atom is 0.319 e. The van der Waals surface area contributed by atoms with Gasteiger partial charge < -0.3 is 19.9 Å². The van der Waals surface area contributed by atoms with Gasteiger partial charge in [0.1, 0.15) is 0 Å². The van der Waals surface area contributed by atoms with E-state index in [0.29, 0.717) is 13.2 Å². The highest BCUT2D eigenvalue weighted by Crippen LogP contribution is 2.25. The van der Waals surface area contributed by atoms with E-state index >= 15 is 0 Å². The van der Waals surface area contributed by atoms with E-state index in [1.807, 2.05) is 48.7 Å². The monoisotopic (exact) mass is 351 g/mol. The minimum absolute atomic E-state index is 0.173. The van der Waals surface area contributed by atoms with Gasteiger partial charge in [-0.25, -0.2) is 4.79 Å². The number of aromatic nitrogens is 1. The Labute approximate surface area is 154 Å². The van der Waals surface area contributed by atoms with Crippen molar-refractivity contribution in [2.45, 2.75) is 19.4 Å². The minimum atomic E-state index is -0.173. The van der Waals surface area contributed by atoms with Crippen LogP contribution in [0.25, 0.3) is 10.9 Å². The average Bonchev–Trinajstić information content (AvgIpc) is 3.02. The number of aryl methyl sites for hydroxylation is 1. The number of benzene rings is 2. The molecule has 1 aromatic heterocycles. The number of hydrogen-bond acceptors (Lipinski definition) is 2. The van der Waals surface area contributed by atoms with Crippen LogP contribution in [0.4, 0.5) is 10.5 Å². The third-order valence-electron chi connectivity index (χ3n) is 4.34. The van der Waals surface area contributed by atoms with Crippen LogP contribution in [0, 0.1) is 0 Å². The van der Waals surface area contributed by atoms with Crippen LogP contribution in [0.5, 0.6) is 0 Å². The lowest BCUT2D eigenvalue weighted by molar-refractivity contribution is 0.188. The Morgan fingerprint density at radius 2 is 1.85 bits per heavy atom. The molecule has 0 radical (unpaired) electrons. The molecule has 0 atom stereocenters. The summed E-state index contributed by atoms with van der Waals surface area (Å²) in [6.07, 6.45) is 3.83. The van der Waals surface area contributed by atoms with Crippen molar-refractivity contribution in [1.82, 2.24) is 9.88 Å². The van der Waals surface area contributed by atoms with Crippen molar-refractivity contribution in [2.24, 2.45) is 0 Å². The van der Waals surface area contributed by atoms with Crippen LogP contribution in [0.3, 0.4) is 0 Å². The van der Waals surface area contributed by atoms with Crippen molar-refractivity contribution in [3.05, 3.63) is 66.4 Å². The maximum atomic E-state index is 12.2. The number of methoxy groups -OCH3 is 1. The van der Waals surface area contributed by atoms with Crippen LogP contribution in [0.1, 0.15) is 12.0 Å².